The smallest absolute Gasteiger partial charge is 0.322 e. The van der Waals surface area contributed by atoms with Crippen LogP contribution in [-0.4, -0.2) is 47.6 Å². The number of aliphatic hydroxyl groups excluding tert-OH is 1. The molecule has 1 saturated heterocycles. The number of hydrogen-bond donors (Lipinski definition) is 2. The molecule has 2 N–H and O–H groups in total. The second-order valence-corrected chi connectivity index (χ2v) is 6.64. The van der Waals surface area contributed by atoms with Gasteiger partial charge in [0.1, 0.15) is 10.9 Å². The van der Waals surface area contributed by atoms with Crippen LogP contribution in [0.5, 0.6) is 0 Å². The number of aliphatic carboxylic acids is 1. The van der Waals surface area contributed by atoms with Gasteiger partial charge in [-0.3, -0.25) is 4.79 Å². The molecule has 0 aliphatic carbocycles. The van der Waals surface area contributed by atoms with Gasteiger partial charge < -0.3 is 10.2 Å². The number of benzene rings is 1. The number of carboxylic acid groups (broad SMARTS) is 1. The van der Waals surface area contributed by atoms with Crippen LogP contribution in [0.3, 0.4) is 0 Å². The van der Waals surface area contributed by atoms with E-state index in [9.17, 15) is 22.7 Å². The van der Waals surface area contributed by atoms with Crippen molar-refractivity contribution in [2.24, 2.45) is 0 Å². The zero-order valence-corrected chi connectivity index (χ0v) is 11.6. The summed E-state index contributed by atoms with van der Waals surface area (Å²) in [6.45, 7) is -0.398. The Labute approximate surface area is 119 Å². The first-order chi connectivity index (χ1) is 9.25. The van der Waals surface area contributed by atoms with Gasteiger partial charge in [0.25, 0.3) is 0 Å². The molecule has 0 bridgehead atoms. The van der Waals surface area contributed by atoms with Crippen molar-refractivity contribution >= 4 is 27.6 Å². The van der Waals surface area contributed by atoms with Crippen LogP contribution >= 0.6 is 11.6 Å². The zero-order chi connectivity index (χ0) is 15.1. The molecule has 1 aromatic carbocycles. The Bertz CT molecular complexity index is 650. The van der Waals surface area contributed by atoms with Crippen molar-refractivity contribution < 1.29 is 27.8 Å². The lowest BCUT2D eigenvalue weighted by atomic mass is 10.2. The molecule has 1 aliphatic heterocycles. The lowest BCUT2D eigenvalue weighted by Gasteiger charge is -2.21. The van der Waals surface area contributed by atoms with Crippen LogP contribution in [0, 0.1) is 5.82 Å². The van der Waals surface area contributed by atoms with Crippen LogP contribution in [0.4, 0.5) is 4.39 Å². The maximum atomic E-state index is 13.8. The van der Waals surface area contributed by atoms with Crippen molar-refractivity contribution in [3.8, 4) is 0 Å². The Morgan fingerprint density at radius 3 is 2.70 bits per heavy atom. The summed E-state index contributed by atoms with van der Waals surface area (Å²) in [5.74, 6) is -2.53. The van der Waals surface area contributed by atoms with Crippen molar-refractivity contribution in [3.63, 3.8) is 0 Å². The molecule has 6 nitrogen and oxygen atoms in total. The third kappa shape index (κ3) is 2.51. The number of β-amino-alcohol motifs (C(OH)–C–C–N with tert-alkyl or cyclic N) is 1. The number of carbonyl (C=O) groups is 1. The quantitative estimate of drug-likeness (QED) is 0.853. The molecular formula is C11H11ClFNO5S. The number of hydrogen-bond acceptors (Lipinski definition) is 4. The van der Waals surface area contributed by atoms with Gasteiger partial charge in [0.05, 0.1) is 11.1 Å². The highest BCUT2D eigenvalue weighted by molar-refractivity contribution is 7.89. The minimum atomic E-state index is -4.39. The summed E-state index contributed by atoms with van der Waals surface area (Å²) in [7, 11) is -4.39. The third-order valence-corrected chi connectivity index (χ3v) is 5.21. The average molecular weight is 324 g/mol. The number of nitrogens with zero attached hydrogens (tertiary/aromatic N) is 1. The molecule has 0 amide bonds. The van der Waals surface area contributed by atoms with Gasteiger partial charge in [0.15, 0.2) is 5.82 Å². The number of sulfonamides is 1. The molecular weight excluding hydrogens is 313 g/mol. The number of aliphatic hydroxyl groups is 1. The molecule has 0 saturated carbocycles. The van der Waals surface area contributed by atoms with E-state index in [1.165, 1.54) is 12.1 Å². The lowest BCUT2D eigenvalue weighted by molar-refractivity contribution is -0.140. The Morgan fingerprint density at radius 2 is 2.10 bits per heavy atom. The van der Waals surface area contributed by atoms with E-state index in [0.717, 1.165) is 6.07 Å². The first-order valence-corrected chi connectivity index (χ1v) is 7.43. The molecule has 1 aromatic rings. The Kier molecular flexibility index (Phi) is 4.01. The van der Waals surface area contributed by atoms with E-state index >= 15 is 0 Å². The van der Waals surface area contributed by atoms with Gasteiger partial charge in [-0.2, -0.15) is 4.31 Å². The van der Waals surface area contributed by atoms with Crippen molar-refractivity contribution in [2.45, 2.75) is 23.5 Å². The van der Waals surface area contributed by atoms with Gasteiger partial charge in [0.2, 0.25) is 10.0 Å². The van der Waals surface area contributed by atoms with E-state index in [0.29, 0.717) is 4.31 Å². The van der Waals surface area contributed by atoms with Crippen LogP contribution in [0.1, 0.15) is 6.42 Å². The Hall–Kier alpha value is -1.22. The fourth-order valence-electron chi connectivity index (χ4n) is 2.08. The lowest BCUT2D eigenvalue weighted by Crippen LogP contribution is -2.40. The highest BCUT2D eigenvalue weighted by Crippen LogP contribution is 2.30. The van der Waals surface area contributed by atoms with E-state index < -0.39 is 45.4 Å². The van der Waals surface area contributed by atoms with E-state index in [1.807, 2.05) is 0 Å². The van der Waals surface area contributed by atoms with E-state index in [4.69, 9.17) is 16.7 Å². The SMILES string of the molecule is O=C(O)[C@@H]1CC(O)CN1S(=O)(=O)c1cccc(Cl)c1F. The molecule has 0 aromatic heterocycles. The fourth-order valence-corrected chi connectivity index (χ4v) is 4.03. The molecule has 1 heterocycles. The molecule has 2 atom stereocenters. The van der Waals surface area contributed by atoms with Gasteiger partial charge >= 0.3 is 5.97 Å². The van der Waals surface area contributed by atoms with E-state index in [1.54, 1.807) is 0 Å². The highest BCUT2D eigenvalue weighted by Gasteiger charge is 2.44. The standard InChI is InChI=1S/C11H11ClFNO5S/c12-7-2-1-3-9(10(7)13)20(18,19)14-5-6(15)4-8(14)11(16)17/h1-3,6,8,15H,4-5H2,(H,16,17)/t6?,8-/m0/s1. The number of carboxylic acids is 1. The number of rotatable bonds is 3. The fraction of sp³-hybridized carbons (Fsp3) is 0.364. The predicted molar refractivity (Wildman–Crippen MR) is 67.3 cm³/mol. The normalized spacial score (nSPS) is 23.9. The monoisotopic (exact) mass is 323 g/mol. The molecule has 2 rings (SSSR count). The largest absolute Gasteiger partial charge is 0.480 e. The summed E-state index contributed by atoms with van der Waals surface area (Å²) >= 11 is 5.53. The maximum absolute atomic E-state index is 13.8. The summed E-state index contributed by atoms with van der Waals surface area (Å²) in [4.78, 5) is 10.3. The summed E-state index contributed by atoms with van der Waals surface area (Å²) in [5.41, 5.74) is 0. The minimum Gasteiger partial charge on any atom is -0.480 e. The first kappa shape index (κ1) is 15.2. The van der Waals surface area contributed by atoms with Crippen LogP contribution in [-0.2, 0) is 14.8 Å². The van der Waals surface area contributed by atoms with Gasteiger partial charge in [-0.1, -0.05) is 17.7 Å². The zero-order valence-electron chi connectivity index (χ0n) is 10.0. The third-order valence-electron chi connectivity index (χ3n) is 3.02. The highest BCUT2D eigenvalue weighted by atomic mass is 35.5. The molecule has 1 aliphatic rings. The van der Waals surface area contributed by atoms with Crippen LogP contribution in [0.25, 0.3) is 0 Å². The van der Waals surface area contributed by atoms with Gasteiger partial charge in [-0.25, -0.2) is 12.8 Å². The molecule has 1 unspecified atom stereocenters. The van der Waals surface area contributed by atoms with E-state index in [2.05, 4.69) is 0 Å². The molecule has 1 fully saturated rings. The molecule has 0 radical (unpaired) electrons. The molecule has 20 heavy (non-hydrogen) atoms. The van der Waals surface area contributed by atoms with Crippen LogP contribution in [0.15, 0.2) is 23.1 Å². The second-order valence-electron chi connectivity index (χ2n) is 4.37. The summed E-state index contributed by atoms with van der Waals surface area (Å²) in [6, 6.07) is 2.01. The topological polar surface area (TPSA) is 94.9 Å². The summed E-state index contributed by atoms with van der Waals surface area (Å²) < 4.78 is 39.0. The Balaban J connectivity index is 2.49. The van der Waals surface area contributed by atoms with Crippen molar-refractivity contribution in [1.29, 1.82) is 0 Å². The average Bonchev–Trinajstić information content (AvgIpc) is 2.75. The molecule has 110 valence electrons. The van der Waals surface area contributed by atoms with Crippen LogP contribution < -0.4 is 0 Å². The maximum Gasteiger partial charge on any atom is 0.322 e. The van der Waals surface area contributed by atoms with Gasteiger partial charge in [0, 0.05) is 13.0 Å². The number of halogens is 2. The van der Waals surface area contributed by atoms with Gasteiger partial charge in [-0.05, 0) is 12.1 Å². The van der Waals surface area contributed by atoms with Crippen LogP contribution in [0.2, 0.25) is 5.02 Å². The van der Waals surface area contributed by atoms with E-state index in [-0.39, 0.29) is 11.4 Å². The summed E-state index contributed by atoms with van der Waals surface area (Å²) in [5, 5.41) is 18.1. The van der Waals surface area contributed by atoms with Crippen molar-refractivity contribution in [2.75, 3.05) is 6.54 Å². The summed E-state index contributed by atoms with van der Waals surface area (Å²) in [6.07, 6.45) is -1.34. The van der Waals surface area contributed by atoms with Crippen molar-refractivity contribution in [1.82, 2.24) is 4.31 Å². The molecule has 0 spiro atoms. The molecule has 9 heteroatoms. The minimum absolute atomic E-state index is 0.239. The second kappa shape index (κ2) is 5.28. The predicted octanol–water partition coefficient (Wildman–Crippen LogP) is 0.688. The van der Waals surface area contributed by atoms with Crippen molar-refractivity contribution in [3.05, 3.63) is 29.0 Å². The van der Waals surface area contributed by atoms with Gasteiger partial charge in [-0.15, -0.1) is 0 Å². The Morgan fingerprint density at radius 1 is 1.45 bits per heavy atom. The first-order valence-electron chi connectivity index (χ1n) is 5.62.